The standard InChI is InChI=1S/C22H20F3N5O/c1-13-20(14-4-7-16(8-5-14)22(23,24)25)21-27-18(10-19(31)30(21)28-13)15-6-9-17(26-11-15)12-29(2)3/h4-11,28H,12H2,1-3H3. The molecule has 0 amide bonds. The van der Waals surface area contributed by atoms with Gasteiger partial charge in [0.2, 0.25) is 0 Å². The molecule has 1 aromatic carbocycles. The van der Waals surface area contributed by atoms with Crippen LogP contribution in [-0.4, -0.2) is 38.6 Å². The number of nitrogens with zero attached hydrogens (tertiary/aromatic N) is 4. The first-order valence-corrected chi connectivity index (χ1v) is 9.53. The number of aryl methyl sites for hydroxylation is 1. The van der Waals surface area contributed by atoms with Crippen LogP contribution in [-0.2, 0) is 12.7 Å². The van der Waals surface area contributed by atoms with Crippen molar-refractivity contribution < 1.29 is 13.2 Å². The van der Waals surface area contributed by atoms with Crippen molar-refractivity contribution in [3.63, 3.8) is 0 Å². The van der Waals surface area contributed by atoms with Gasteiger partial charge in [-0.1, -0.05) is 12.1 Å². The van der Waals surface area contributed by atoms with Crippen LogP contribution in [0.4, 0.5) is 13.2 Å². The van der Waals surface area contributed by atoms with Gasteiger partial charge < -0.3 is 4.90 Å². The van der Waals surface area contributed by atoms with Gasteiger partial charge in [0.25, 0.3) is 5.56 Å². The minimum atomic E-state index is -4.41. The third kappa shape index (κ3) is 4.09. The van der Waals surface area contributed by atoms with E-state index in [1.54, 1.807) is 13.1 Å². The maximum absolute atomic E-state index is 12.9. The Bertz CT molecular complexity index is 1290. The van der Waals surface area contributed by atoms with Crippen LogP contribution >= 0.6 is 0 Å². The van der Waals surface area contributed by atoms with Crippen molar-refractivity contribution in [1.82, 2.24) is 24.5 Å². The van der Waals surface area contributed by atoms with Gasteiger partial charge in [0, 0.05) is 35.6 Å². The number of hydrogen-bond acceptors (Lipinski definition) is 4. The number of alkyl halides is 3. The van der Waals surface area contributed by atoms with E-state index in [-0.39, 0.29) is 5.56 Å². The Balaban J connectivity index is 1.81. The number of benzene rings is 1. The van der Waals surface area contributed by atoms with Crippen LogP contribution in [0, 0.1) is 6.92 Å². The molecule has 3 heterocycles. The average molecular weight is 427 g/mol. The summed E-state index contributed by atoms with van der Waals surface area (Å²) in [6.07, 6.45) is -2.75. The lowest BCUT2D eigenvalue weighted by Gasteiger charge is -2.09. The second kappa shape index (κ2) is 7.66. The van der Waals surface area contributed by atoms with Crippen LogP contribution in [0.2, 0.25) is 0 Å². The Morgan fingerprint density at radius 2 is 1.74 bits per heavy atom. The Kier molecular flexibility index (Phi) is 5.14. The molecular weight excluding hydrogens is 407 g/mol. The molecule has 0 saturated heterocycles. The highest BCUT2D eigenvalue weighted by Crippen LogP contribution is 2.33. The molecule has 1 N–H and O–H groups in total. The van der Waals surface area contributed by atoms with Crippen molar-refractivity contribution in [2.24, 2.45) is 0 Å². The van der Waals surface area contributed by atoms with Crippen molar-refractivity contribution in [3.8, 4) is 22.4 Å². The minimum Gasteiger partial charge on any atom is -0.304 e. The highest BCUT2D eigenvalue weighted by atomic mass is 19.4. The summed E-state index contributed by atoms with van der Waals surface area (Å²) in [5.74, 6) is 0. The summed E-state index contributed by atoms with van der Waals surface area (Å²) in [6, 6.07) is 9.94. The van der Waals surface area contributed by atoms with Gasteiger partial charge in [-0.25, -0.2) is 9.50 Å². The normalized spacial score (nSPS) is 12.1. The number of aromatic nitrogens is 4. The first-order valence-electron chi connectivity index (χ1n) is 9.53. The molecule has 4 aromatic rings. The van der Waals surface area contributed by atoms with Crippen LogP contribution in [0.3, 0.4) is 0 Å². The van der Waals surface area contributed by atoms with E-state index >= 15 is 0 Å². The number of rotatable bonds is 4. The lowest BCUT2D eigenvalue weighted by Crippen LogP contribution is -2.14. The maximum atomic E-state index is 12.9. The van der Waals surface area contributed by atoms with E-state index < -0.39 is 11.7 Å². The van der Waals surface area contributed by atoms with Crippen LogP contribution < -0.4 is 5.56 Å². The molecule has 0 bridgehead atoms. The number of H-pyrrole nitrogens is 1. The van der Waals surface area contributed by atoms with E-state index in [9.17, 15) is 18.0 Å². The Hall–Kier alpha value is -3.46. The smallest absolute Gasteiger partial charge is 0.304 e. The van der Waals surface area contributed by atoms with E-state index in [0.717, 1.165) is 17.8 Å². The summed E-state index contributed by atoms with van der Waals surface area (Å²) in [6.45, 7) is 2.43. The van der Waals surface area contributed by atoms with E-state index in [2.05, 4.69) is 15.1 Å². The molecular formula is C22H20F3N5O. The number of aromatic amines is 1. The summed E-state index contributed by atoms with van der Waals surface area (Å²) >= 11 is 0. The lowest BCUT2D eigenvalue weighted by molar-refractivity contribution is -0.137. The van der Waals surface area contributed by atoms with Crippen LogP contribution in [0.5, 0.6) is 0 Å². The SMILES string of the molecule is Cc1[nH]n2c(=O)cc(-c3ccc(CN(C)C)nc3)nc2c1-c1ccc(C(F)(F)F)cc1. The zero-order valence-corrected chi connectivity index (χ0v) is 17.2. The molecule has 6 nitrogen and oxygen atoms in total. The largest absolute Gasteiger partial charge is 0.416 e. The monoisotopic (exact) mass is 427 g/mol. The molecule has 0 atom stereocenters. The summed E-state index contributed by atoms with van der Waals surface area (Å²) in [7, 11) is 3.89. The third-order valence-corrected chi connectivity index (χ3v) is 4.90. The van der Waals surface area contributed by atoms with Gasteiger partial charge in [0.15, 0.2) is 5.65 Å². The summed E-state index contributed by atoms with van der Waals surface area (Å²) < 4.78 is 40.0. The fourth-order valence-corrected chi connectivity index (χ4v) is 3.46. The molecule has 4 rings (SSSR count). The first kappa shape index (κ1) is 20.8. The molecule has 0 saturated carbocycles. The average Bonchev–Trinajstić information content (AvgIpc) is 3.04. The van der Waals surface area contributed by atoms with Gasteiger partial charge >= 0.3 is 6.18 Å². The second-order valence-electron chi connectivity index (χ2n) is 7.60. The number of pyridine rings is 1. The van der Waals surface area contributed by atoms with E-state index in [4.69, 9.17) is 0 Å². The van der Waals surface area contributed by atoms with E-state index in [1.807, 2.05) is 31.1 Å². The Labute approximate surface area is 176 Å². The number of fused-ring (bicyclic) bond motifs is 1. The molecule has 0 aliphatic heterocycles. The minimum absolute atomic E-state index is 0.321. The molecule has 0 unspecified atom stereocenters. The van der Waals surface area contributed by atoms with Crippen molar-refractivity contribution in [2.75, 3.05) is 14.1 Å². The summed E-state index contributed by atoms with van der Waals surface area (Å²) in [4.78, 5) is 23.7. The Morgan fingerprint density at radius 3 is 2.32 bits per heavy atom. The molecule has 0 radical (unpaired) electrons. The quantitative estimate of drug-likeness (QED) is 0.532. The maximum Gasteiger partial charge on any atom is 0.416 e. The summed E-state index contributed by atoms with van der Waals surface area (Å²) in [5.41, 5.74) is 3.03. The van der Waals surface area contributed by atoms with Crippen molar-refractivity contribution in [3.05, 3.63) is 76.0 Å². The van der Waals surface area contributed by atoms with Gasteiger partial charge in [-0.2, -0.15) is 13.2 Å². The molecule has 0 spiro atoms. The predicted molar refractivity (Wildman–Crippen MR) is 112 cm³/mol. The number of hydrogen-bond donors (Lipinski definition) is 1. The second-order valence-corrected chi connectivity index (χ2v) is 7.60. The zero-order chi connectivity index (χ0) is 22.3. The highest BCUT2D eigenvalue weighted by Gasteiger charge is 2.30. The molecule has 9 heteroatoms. The zero-order valence-electron chi connectivity index (χ0n) is 17.2. The highest BCUT2D eigenvalue weighted by molar-refractivity contribution is 5.81. The van der Waals surface area contributed by atoms with Crippen molar-refractivity contribution in [1.29, 1.82) is 0 Å². The lowest BCUT2D eigenvalue weighted by atomic mass is 10.0. The van der Waals surface area contributed by atoms with Gasteiger partial charge in [0.1, 0.15) is 0 Å². The first-order chi connectivity index (χ1) is 14.6. The summed E-state index contributed by atoms with van der Waals surface area (Å²) in [5, 5.41) is 2.95. The van der Waals surface area contributed by atoms with E-state index in [1.165, 1.54) is 22.7 Å². The molecule has 31 heavy (non-hydrogen) atoms. The topological polar surface area (TPSA) is 66.3 Å². The fourth-order valence-electron chi connectivity index (χ4n) is 3.46. The third-order valence-electron chi connectivity index (χ3n) is 4.90. The van der Waals surface area contributed by atoms with Gasteiger partial charge in [-0.3, -0.25) is 14.9 Å². The molecule has 3 aromatic heterocycles. The number of nitrogens with one attached hydrogen (secondary N) is 1. The van der Waals surface area contributed by atoms with Crippen LogP contribution in [0.25, 0.3) is 28.0 Å². The van der Waals surface area contributed by atoms with E-state index in [0.29, 0.717) is 40.3 Å². The Morgan fingerprint density at radius 1 is 1.06 bits per heavy atom. The predicted octanol–water partition coefficient (Wildman–Crippen LogP) is 4.14. The molecule has 0 fully saturated rings. The van der Waals surface area contributed by atoms with Crippen LogP contribution in [0.1, 0.15) is 17.0 Å². The van der Waals surface area contributed by atoms with Crippen LogP contribution in [0.15, 0.2) is 53.5 Å². The van der Waals surface area contributed by atoms with Gasteiger partial charge in [-0.15, -0.1) is 0 Å². The molecule has 160 valence electrons. The molecule has 0 aliphatic rings. The number of halogens is 3. The van der Waals surface area contributed by atoms with Crippen molar-refractivity contribution in [2.45, 2.75) is 19.6 Å². The van der Waals surface area contributed by atoms with Gasteiger partial charge in [0.05, 0.1) is 17.0 Å². The molecule has 0 aliphatic carbocycles. The van der Waals surface area contributed by atoms with Gasteiger partial charge in [-0.05, 0) is 50.8 Å². The van der Waals surface area contributed by atoms with Crippen molar-refractivity contribution >= 4 is 5.65 Å². The fraction of sp³-hybridized carbons (Fsp3) is 0.227.